The van der Waals surface area contributed by atoms with Crippen LogP contribution in [0.15, 0.2) is 35.3 Å². The van der Waals surface area contributed by atoms with Crippen molar-refractivity contribution in [3.05, 3.63) is 35.9 Å². The van der Waals surface area contributed by atoms with E-state index in [1.807, 2.05) is 30.3 Å². The summed E-state index contributed by atoms with van der Waals surface area (Å²) >= 11 is 1.67. The molecule has 1 aromatic rings. The third kappa shape index (κ3) is 1.36. The molecule has 0 unspecified atom stereocenters. The van der Waals surface area contributed by atoms with Crippen molar-refractivity contribution in [2.45, 2.75) is 6.04 Å². The van der Waals surface area contributed by atoms with E-state index in [0.717, 1.165) is 23.0 Å². The highest BCUT2D eigenvalue weighted by Crippen LogP contribution is 2.34. The Hall–Kier alpha value is -1.29. The van der Waals surface area contributed by atoms with Crippen LogP contribution < -0.4 is 0 Å². The predicted molar refractivity (Wildman–Crippen MR) is 60.8 cm³/mol. The molecule has 4 heteroatoms. The molecule has 0 aliphatic carbocycles. The van der Waals surface area contributed by atoms with Gasteiger partial charge in [-0.3, -0.25) is 4.79 Å². The van der Waals surface area contributed by atoms with Crippen molar-refractivity contribution in [2.75, 3.05) is 12.3 Å². The fourth-order valence-corrected chi connectivity index (χ4v) is 2.98. The second kappa shape index (κ2) is 3.38. The molecule has 1 aromatic carbocycles. The minimum atomic E-state index is -0.170. The lowest BCUT2D eigenvalue weighted by atomic mass is 10.1. The van der Waals surface area contributed by atoms with Gasteiger partial charge in [-0.1, -0.05) is 42.1 Å². The van der Waals surface area contributed by atoms with Gasteiger partial charge in [0.25, 0.3) is 5.91 Å². The van der Waals surface area contributed by atoms with Crippen molar-refractivity contribution in [3.8, 4) is 0 Å². The Morgan fingerprint density at radius 3 is 2.93 bits per heavy atom. The summed E-state index contributed by atoms with van der Waals surface area (Å²) in [5.74, 6) is 1.01. The van der Waals surface area contributed by atoms with Gasteiger partial charge in [-0.05, 0) is 5.56 Å². The van der Waals surface area contributed by atoms with Gasteiger partial charge in [0.15, 0.2) is 5.17 Å². The predicted octanol–water partition coefficient (Wildman–Crippen LogP) is 1.67. The minimum Gasteiger partial charge on any atom is -0.334 e. The van der Waals surface area contributed by atoms with Gasteiger partial charge in [-0.25, -0.2) is 0 Å². The fourth-order valence-electron chi connectivity index (χ4n) is 2.00. The van der Waals surface area contributed by atoms with Gasteiger partial charge < -0.3 is 4.90 Å². The maximum Gasteiger partial charge on any atom is 0.275 e. The number of hydrogen-bond acceptors (Lipinski definition) is 3. The highest BCUT2D eigenvalue weighted by atomic mass is 32.2. The molecule has 15 heavy (non-hydrogen) atoms. The molecule has 2 aliphatic heterocycles. The molecule has 0 aromatic heterocycles. The molecular weight excluding hydrogens is 208 g/mol. The molecule has 3 rings (SSSR count). The number of hydrogen-bond donors (Lipinski definition) is 0. The Kier molecular flexibility index (Phi) is 2.02. The summed E-state index contributed by atoms with van der Waals surface area (Å²) in [5.41, 5.74) is 1.05. The summed E-state index contributed by atoms with van der Waals surface area (Å²) in [5, 5.41) is 0.897. The van der Waals surface area contributed by atoms with Crippen molar-refractivity contribution in [1.82, 2.24) is 4.90 Å². The van der Waals surface area contributed by atoms with E-state index in [1.165, 1.54) is 0 Å². The first kappa shape index (κ1) is 8.97. The van der Waals surface area contributed by atoms with Gasteiger partial charge in [0.05, 0.1) is 0 Å². The minimum absolute atomic E-state index is 0.0246. The smallest absolute Gasteiger partial charge is 0.275 e. The van der Waals surface area contributed by atoms with E-state index in [1.54, 1.807) is 11.8 Å². The van der Waals surface area contributed by atoms with Crippen LogP contribution in [-0.2, 0) is 4.79 Å². The number of benzene rings is 1. The molecule has 0 bridgehead atoms. The zero-order chi connectivity index (χ0) is 10.3. The van der Waals surface area contributed by atoms with Crippen LogP contribution >= 0.6 is 11.8 Å². The van der Waals surface area contributed by atoms with Crippen molar-refractivity contribution < 1.29 is 4.79 Å². The van der Waals surface area contributed by atoms with Crippen molar-refractivity contribution in [1.29, 1.82) is 0 Å². The molecule has 2 aliphatic rings. The Balaban J connectivity index is 1.98. The first-order valence-electron chi connectivity index (χ1n) is 4.93. The molecule has 0 spiro atoms. The molecule has 1 fully saturated rings. The lowest BCUT2D eigenvalue weighted by molar-refractivity contribution is -0.120. The quantitative estimate of drug-likeness (QED) is 0.719. The molecule has 1 atom stereocenters. The summed E-state index contributed by atoms with van der Waals surface area (Å²) in [6.45, 7) is 0.925. The highest BCUT2D eigenvalue weighted by Gasteiger charge is 2.38. The molecule has 0 saturated carbocycles. The molecule has 3 nitrogen and oxygen atoms in total. The molecule has 1 amide bonds. The average Bonchev–Trinajstić information content (AvgIpc) is 2.78. The highest BCUT2D eigenvalue weighted by molar-refractivity contribution is 8.14. The number of amides is 1. The maximum atomic E-state index is 11.7. The second-order valence-electron chi connectivity index (χ2n) is 3.59. The normalized spacial score (nSPS) is 24.3. The van der Waals surface area contributed by atoms with E-state index in [0.29, 0.717) is 0 Å². The Bertz CT molecular complexity index is 429. The van der Waals surface area contributed by atoms with Crippen molar-refractivity contribution in [2.24, 2.45) is 4.99 Å². The molecular formula is C11H10N2OS. The first-order chi connectivity index (χ1) is 7.36. The number of carbonyl (C=O) groups is 1. The number of amidine groups is 1. The van der Waals surface area contributed by atoms with Crippen molar-refractivity contribution in [3.63, 3.8) is 0 Å². The van der Waals surface area contributed by atoms with Gasteiger partial charge in [0, 0.05) is 12.3 Å². The molecule has 0 N–H and O–H groups in total. The standard InChI is InChI=1S/C11H10N2OS/c14-10-9(8-4-2-1-3-5-8)13-6-7-15-11(13)12-10/h1-5,9H,6-7H2/t9-/m0/s1. The van der Waals surface area contributed by atoms with E-state index in [9.17, 15) is 4.79 Å². The summed E-state index contributed by atoms with van der Waals surface area (Å²) < 4.78 is 0. The lowest BCUT2D eigenvalue weighted by Gasteiger charge is -2.20. The van der Waals surface area contributed by atoms with Crippen LogP contribution in [0.5, 0.6) is 0 Å². The number of carbonyl (C=O) groups excluding carboxylic acids is 1. The monoisotopic (exact) mass is 218 g/mol. The summed E-state index contributed by atoms with van der Waals surface area (Å²) in [6, 6.07) is 9.70. The van der Waals surface area contributed by atoms with Crippen LogP contribution in [0.1, 0.15) is 11.6 Å². The molecule has 76 valence electrons. The van der Waals surface area contributed by atoms with Gasteiger partial charge in [0.1, 0.15) is 6.04 Å². The van der Waals surface area contributed by atoms with E-state index in [2.05, 4.69) is 9.89 Å². The number of aliphatic imine (C=N–C) groups is 1. The third-order valence-electron chi connectivity index (χ3n) is 2.68. The Morgan fingerprint density at radius 2 is 2.13 bits per heavy atom. The van der Waals surface area contributed by atoms with E-state index in [4.69, 9.17) is 0 Å². The fraction of sp³-hybridized carbons (Fsp3) is 0.273. The average molecular weight is 218 g/mol. The SMILES string of the molecule is O=C1N=C2SCCN2[C@H]1c1ccccc1. The van der Waals surface area contributed by atoms with Crippen LogP contribution in [0.2, 0.25) is 0 Å². The van der Waals surface area contributed by atoms with Crippen LogP contribution in [0.3, 0.4) is 0 Å². The number of rotatable bonds is 1. The van der Waals surface area contributed by atoms with Crippen molar-refractivity contribution >= 4 is 22.8 Å². The summed E-state index contributed by atoms with van der Waals surface area (Å²) in [4.78, 5) is 17.9. The van der Waals surface area contributed by atoms with Crippen LogP contribution in [0, 0.1) is 0 Å². The molecule has 1 saturated heterocycles. The number of nitrogens with zero attached hydrogens (tertiary/aromatic N) is 2. The molecule has 0 radical (unpaired) electrons. The largest absolute Gasteiger partial charge is 0.334 e. The maximum absolute atomic E-state index is 11.7. The topological polar surface area (TPSA) is 32.7 Å². The van der Waals surface area contributed by atoms with Gasteiger partial charge in [-0.2, -0.15) is 4.99 Å². The van der Waals surface area contributed by atoms with Crippen LogP contribution in [-0.4, -0.2) is 28.3 Å². The number of fused-ring (bicyclic) bond motifs is 1. The van der Waals surface area contributed by atoms with Gasteiger partial charge >= 0.3 is 0 Å². The van der Waals surface area contributed by atoms with E-state index < -0.39 is 0 Å². The zero-order valence-electron chi connectivity index (χ0n) is 8.09. The van der Waals surface area contributed by atoms with E-state index >= 15 is 0 Å². The van der Waals surface area contributed by atoms with Crippen LogP contribution in [0.4, 0.5) is 0 Å². The third-order valence-corrected chi connectivity index (χ3v) is 3.65. The van der Waals surface area contributed by atoms with Gasteiger partial charge in [0.2, 0.25) is 0 Å². The number of thioether (sulfide) groups is 1. The van der Waals surface area contributed by atoms with Gasteiger partial charge in [-0.15, -0.1) is 0 Å². The van der Waals surface area contributed by atoms with Crippen LogP contribution in [0.25, 0.3) is 0 Å². The lowest BCUT2D eigenvalue weighted by Crippen LogP contribution is -2.27. The Labute approximate surface area is 92.2 Å². The first-order valence-corrected chi connectivity index (χ1v) is 5.92. The van der Waals surface area contributed by atoms with E-state index in [-0.39, 0.29) is 11.9 Å². The molecule has 2 heterocycles. The summed E-state index contributed by atoms with van der Waals surface area (Å²) in [7, 11) is 0. The zero-order valence-corrected chi connectivity index (χ0v) is 8.91. The second-order valence-corrected chi connectivity index (χ2v) is 4.65. The summed E-state index contributed by atoms with van der Waals surface area (Å²) in [6.07, 6.45) is 0. The Morgan fingerprint density at radius 1 is 1.33 bits per heavy atom.